The second-order valence-electron chi connectivity index (χ2n) is 9.37. The topological polar surface area (TPSA) is 104 Å². The molecule has 0 aliphatic carbocycles. The first-order chi connectivity index (χ1) is 16.7. The van der Waals surface area contributed by atoms with Crippen molar-refractivity contribution in [3.05, 3.63) is 71.8 Å². The number of hydrogen-bond acceptors (Lipinski definition) is 5. The predicted octanol–water partition coefficient (Wildman–Crippen LogP) is 2.49. The molecule has 0 aromatic heterocycles. The lowest BCUT2D eigenvalue weighted by atomic mass is 9.83. The summed E-state index contributed by atoms with van der Waals surface area (Å²) in [6.45, 7) is 3.34. The first kappa shape index (κ1) is 24.9. The molecule has 0 radical (unpaired) electrons. The van der Waals surface area contributed by atoms with Crippen molar-refractivity contribution in [1.29, 1.82) is 0 Å². The van der Waals surface area contributed by atoms with Gasteiger partial charge in [-0.1, -0.05) is 67.6 Å². The van der Waals surface area contributed by atoms with Crippen molar-refractivity contribution in [2.45, 2.75) is 50.7 Å². The van der Waals surface area contributed by atoms with Crippen LogP contribution in [0.2, 0.25) is 0 Å². The SMILES string of the molecule is CC[C@H](C)N(C(=O)CN1C(=O)N[C@](Cc2ccccc2)(c2ccccc2)C1=O)[C@H]1CCS(=O)(=O)C1. The van der Waals surface area contributed by atoms with Gasteiger partial charge in [-0.2, -0.15) is 0 Å². The van der Waals surface area contributed by atoms with Crippen LogP contribution in [0.4, 0.5) is 4.79 Å². The molecule has 2 aliphatic heterocycles. The van der Waals surface area contributed by atoms with Crippen LogP contribution < -0.4 is 5.32 Å². The van der Waals surface area contributed by atoms with Crippen LogP contribution in [0.1, 0.15) is 37.8 Å². The lowest BCUT2D eigenvalue weighted by Crippen LogP contribution is -2.52. The van der Waals surface area contributed by atoms with E-state index < -0.39 is 45.8 Å². The van der Waals surface area contributed by atoms with Crippen LogP contribution in [0.3, 0.4) is 0 Å². The highest BCUT2D eigenvalue weighted by Crippen LogP contribution is 2.33. The molecule has 1 N–H and O–H groups in total. The Labute approximate surface area is 206 Å². The quantitative estimate of drug-likeness (QED) is 0.565. The van der Waals surface area contributed by atoms with Gasteiger partial charge in [0, 0.05) is 18.5 Å². The van der Waals surface area contributed by atoms with Crippen LogP contribution in [-0.2, 0) is 31.4 Å². The van der Waals surface area contributed by atoms with Crippen LogP contribution in [-0.4, -0.2) is 66.2 Å². The van der Waals surface area contributed by atoms with Crippen molar-refractivity contribution in [3.63, 3.8) is 0 Å². The molecule has 2 fully saturated rings. The Balaban J connectivity index is 1.63. The Kier molecular flexibility index (Phi) is 6.98. The molecule has 0 spiro atoms. The summed E-state index contributed by atoms with van der Waals surface area (Å²) in [7, 11) is -3.21. The number of urea groups is 1. The van der Waals surface area contributed by atoms with E-state index in [9.17, 15) is 22.8 Å². The van der Waals surface area contributed by atoms with E-state index >= 15 is 0 Å². The van der Waals surface area contributed by atoms with Crippen LogP contribution >= 0.6 is 0 Å². The molecule has 0 saturated carbocycles. The molecule has 2 aromatic carbocycles. The molecule has 3 atom stereocenters. The van der Waals surface area contributed by atoms with E-state index in [4.69, 9.17) is 0 Å². The van der Waals surface area contributed by atoms with Gasteiger partial charge in [-0.05, 0) is 30.9 Å². The molecule has 2 heterocycles. The van der Waals surface area contributed by atoms with Crippen molar-refractivity contribution >= 4 is 27.7 Å². The zero-order chi connectivity index (χ0) is 25.2. The maximum absolute atomic E-state index is 13.8. The Bertz CT molecular complexity index is 1200. The second-order valence-corrected chi connectivity index (χ2v) is 11.6. The maximum Gasteiger partial charge on any atom is 0.325 e. The van der Waals surface area contributed by atoms with E-state index in [1.165, 1.54) is 0 Å². The summed E-state index contributed by atoms with van der Waals surface area (Å²) in [6, 6.07) is 17.1. The van der Waals surface area contributed by atoms with Crippen molar-refractivity contribution in [2.75, 3.05) is 18.1 Å². The molecule has 0 bridgehead atoms. The van der Waals surface area contributed by atoms with Gasteiger partial charge in [0.1, 0.15) is 6.54 Å². The lowest BCUT2D eigenvalue weighted by Gasteiger charge is -2.34. The Hall–Kier alpha value is -3.20. The molecule has 2 aliphatic rings. The van der Waals surface area contributed by atoms with Crippen molar-refractivity contribution < 1.29 is 22.8 Å². The van der Waals surface area contributed by atoms with Gasteiger partial charge in [-0.3, -0.25) is 14.5 Å². The third kappa shape index (κ3) is 4.96. The summed E-state index contributed by atoms with van der Waals surface area (Å²) in [5, 5.41) is 2.87. The molecule has 4 rings (SSSR count). The molecule has 4 amide bonds. The third-order valence-electron chi connectivity index (χ3n) is 7.00. The molecule has 8 nitrogen and oxygen atoms in total. The maximum atomic E-state index is 13.8. The summed E-state index contributed by atoms with van der Waals surface area (Å²) < 4.78 is 24.2. The van der Waals surface area contributed by atoms with E-state index in [2.05, 4.69) is 5.32 Å². The molecule has 0 unspecified atom stereocenters. The summed E-state index contributed by atoms with van der Waals surface area (Å²) in [6.07, 6.45) is 1.23. The third-order valence-corrected chi connectivity index (χ3v) is 8.75. The lowest BCUT2D eigenvalue weighted by molar-refractivity contribution is -0.141. The summed E-state index contributed by atoms with van der Waals surface area (Å²) in [5.41, 5.74) is 0.172. The van der Waals surface area contributed by atoms with E-state index in [0.29, 0.717) is 18.4 Å². The standard InChI is InChI=1S/C26H31N3O5S/c1-3-19(2)29(22-14-15-35(33,34)18-22)23(30)17-28-24(31)26(27-25(28)32,21-12-8-5-9-13-21)16-20-10-6-4-7-11-20/h4-13,19,22H,3,14-18H2,1-2H3,(H,27,32)/t19-,22-,26+/m0/s1. The number of imide groups is 1. The van der Waals surface area contributed by atoms with E-state index in [0.717, 1.165) is 10.5 Å². The summed E-state index contributed by atoms with van der Waals surface area (Å²) >= 11 is 0. The van der Waals surface area contributed by atoms with Gasteiger partial charge < -0.3 is 10.2 Å². The monoisotopic (exact) mass is 497 g/mol. The average Bonchev–Trinajstić information content (AvgIpc) is 3.32. The number of benzene rings is 2. The largest absolute Gasteiger partial charge is 0.334 e. The van der Waals surface area contributed by atoms with Gasteiger partial charge in [0.25, 0.3) is 5.91 Å². The fraction of sp³-hybridized carbons (Fsp3) is 0.423. The van der Waals surface area contributed by atoms with Gasteiger partial charge >= 0.3 is 6.03 Å². The van der Waals surface area contributed by atoms with Crippen LogP contribution in [0.5, 0.6) is 0 Å². The van der Waals surface area contributed by atoms with E-state index in [-0.39, 0.29) is 24.0 Å². The van der Waals surface area contributed by atoms with E-state index in [1.807, 2.05) is 50.2 Å². The number of nitrogens with one attached hydrogen (secondary N) is 1. The highest BCUT2D eigenvalue weighted by atomic mass is 32.2. The number of amides is 4. The summed E-state index contributed by atoms with van der Waals surface area (Å²) in [5.74, 6) is -0.969. The Morgan fingerprint density at radius 3 is 2.31 bits per heavy atom. The second kappa shape index (κ2) is 9.81. The van der Waals surface area contributed by atoms with Crippen LogP contribution in [0, 0.1) is 0 Å². The normalized spacial score (nSPS) is 24.3. The van der Waals surface area contributed by atoms with E-state index in [1.54, 1.807) is 29.2 Å². The molecule has 2 aromatic rings. The fourth-order valence-corrected chi connectivity index (χ4v) is 6.74. The average molecular weight is 498 g/mol. The minimum atomic E-state index is -3.21. The van der Waals surface area contributed by atoms with Crippen molar-refractivity contribution in [1.82, 2.24) is 15.1 Å². The van der Waals surface area contributed by atoms with Crippen LogP contribution in [0.15, 0.2) is 60.7 Å². The number of nitrogens with zero attached hydrogens (tertiary/aromatic N) is 2. The van der Waals surface area contributed by atoms with Crippen molar-refractivity contribution in [2.24, 2.45) is 0 Å². The first-order valence-corrected chi connectivity index (χ1v) is 13.7. The van der Waals surface area contributed by atoms with Crippen LogP contribution in [0.25, 0.3) is 0 Å². The minimum absolute atomic E-state index is 0.0369. The number of carbonyl (C=O) groups excluding carboxylic acids is 3. The highest BCUT2D eigenvalue weighted by Gasteiger charge is 2.53. The Morgan fingerprint density at radius 2 is 1.74 bits per heavy atom. The molecule has 2 saturated heterocycles. The molecular weight excluding hydrogens is 466 g/mol. The van der Waals surface area contributed by atoms with Gasteiger partial charge in [0.05, 0.1) is 11.5 Å². The molecule has 35 heavy (non-hydrogen) atoms. The van der Waals surface area contributed by atoms with Gasteiger partial charge in [0.15, 0.2) is 15.4 Å². The zero-order valence-corrected chi connectivity index (χ0v) is 20.8. The van der Waals surface area contributed by atoms with Gasteiger partial charge in [-0.25, -0.2) is 13.2 Å². The number of rotatable bonds is 8. The first-order valence-electron chi connectivity index (χ1n) is 11.9. The predicted molar refractivity (Wildman–Crippen MR) is 132 cm³/mol. The number of carbonyl (C=O) groups is 3. The van der Waals surface area contributed by atoms with Crippen molar-refractivity contribution in [3.8, 4) is 0 Å². The Morgan fingerprint density at radius 1 is 1.11 bits per heavy atom. The minimum Gasteiger partial charge on any atom is -0.334 e. The fourth-order valence-electron chi connectivity index (χ4n) is 5.03. The van der Waals surface area contributed by atoms with Gasteiger partial charge in [-0.15, -0.1) is 0 Å². The zero-order valence-electron chi connectivity index (χ0n) is 20.0. The summed E-state index contributed by atoms with van der Waals surface area (Å²) in [4.78, 5) is 42.9. The van der Waals surface area contributed by atoms with Gasteiger partial charge in [0.2, 0.25) is 5.91 Å². The highest BCUT2D eigenvalue weighted by molar-refractivity contribution is 7.91. The molecular formula is C26H31N3O5S. The number of sulfone groups is 1. The smallest absolute Gasteiger partial charge is 0.325 e. The molecule has 9 heteroatoms. The molecule has 186 valence electrons. The number of hydrogen-bond donors (Lipinski definition) is 1.